The van der Waals surface area contributed by atoms with Crippen molar-refractivity contribution in [2.24, 2.45) is 0 Å². The lowest BCUT2D eigenvalue weighted by Gasteiger charge is -2.42. The number of amides is 3. The molecule has 3 amide bonds. The lowest BCUT2D eigenvalue weighted by molar-refractivity contribution is -0.136. The van der Waals surface area contributed by atoms with Gasteiger partial charge >= 0.3 is 6.03 Å². The second-order valence-electron chi connectivity index (χ2n) is 11.6. The number of aromatic nitrogens is 2. The molecular weight excluding hydrogens is 586 g/mol. The minimum Gasteiger partial charge on any atom is -0.497 e. The summed E-state index contributed by atoms with van der Waals surface area (Å²) < 4.78 is 23.6. The van der Waals surface area contributed by atoms with E-state index in [0.717, 1.165) is 33.9 Å². The van der Waals surface area contributed by atoms with Gasteiger partial charge in [-0.05, 0) is 72.0 Å². The molecule has 11 nitrogen and oxygen atoms in total. The molecular formula is C35H39N5O6. The highest BCUT2D eigenvalue weighted by molar-refractivity contribution is 6.07. The summed E-state index contributed by atoms with van der Waals surface area (Å²) in [5.41, 5.74) is 2.71. The van der Waals surface area contributed by atoms with Crippen LogP contribution in [0.25, 0.3) is 5.69 Å². The number of ether oxygens (including phenoxy) is 4. The molecule has 3 heterocycles. The molecule has 1 aromatic heterocycles. The molecule has 46 heavy (non-hydrogen) atoms. The monoisotopic (exact) mass is 625 g/mol. The van der Waals surface area contributed by atoms with Crippen LogP contribution in [0.2, 0.25) is 0 Å². The second kappa shape index (κ2) is 13.1. The number of rotatable bonds is 11. The molecule has 0 N–H and O–H groups in total. The molecule has 0 saturated carbocycles. The zero-order valence-corrected chi connectivity index (χ0v) is 26.6. The third kappa shape index (κ3) is 6.10. The van der Waals surface area contributed by atoms with E-state index in [-0.39, 0.29) is 18.5 Å². The van der Waals surface area contributed by atoms with E-state index in [0.29, 0.717) is 50.5 Å². The van der Waals surface area contributed by atoms with Gasteiger partial charge in [0.25, 0.3) is 5.91 Å². The van der Waals surface area contributed by atoms with Crippen LogP contribution < -0.4 is 18.9 Å². The van der Waals surface area contributed by atoms with Gasteiger partial charge in [0.05, 0.1) is 40.7 Å². The van der Waals surface area contributed by atoms with Crippen LogP contribution in [0.15, 0.2) is 79.1 Å². The largest absolute Gasteiger partial charge is 0.497 e. The molecule has 2 saturated heterocycles. The molecule has 2 fully saturated rings. The summed E-state index contributed by atoms with van der Waals surface area (Å²) in [5, 5.41) is 4.30. The van der Waals surface area contributed by atoms with E-state index in [4.69, 9.17) is 18.9 Å². The highest BCUT2D eigenvalue weighted by Crippen LogP contribution is 2.40. The number of urea groups is 1. The van der Waals surface area contributed by atoms with Crippen LogP contribution in [-0.2, 0) is 24.4 Å². The maximum Gasteiger partial charge on any atom is 0.328 e. The van der Waals surface area contributed by atoms with Crippen LogP contribution in [0.1, 0.15) is 29.5 Å². The molecule has 0 aliphatic carbocycles. The number of hydrogen-bond donors (Lipinski definition) is 0. The van der Waals surface area contributed by atoms with Crippen LogP contribution in [0.5, 0.6) is 23.0 Å². The van der Waals surface area contributed by atoms with Crippen LogP contribution in [-0.4, -0.2) is 83.5 Å². The minimum atomic E-state index is -0.955. The fourth-order valence-electron chi connectivity index (χ4n) is 6.42. The van der Waals surface area contributed by atoms with E-state index in [1.807, 2.05) is 66.9 Å². The average Bonchev–Trinajstić information content (AvgIpc) is 3.69. The second-order valence-corrected chi connectivity index (χ2v) is 11.6. The minimum absolute atomic E-state index is 0.120. The zero-order chi connectivity index (χ0) is 32.3. The van der Waals surface area contributed by atoms with Gasteiger partial charge < -0.3 is 23.8 Å². The predicted octanol–water partition coefficient (Wildman–Crippen LogP) is 4.91. The van der Waals surface area contributed by atoms with E-state index in [2.05, 4.69) is 10.00 Å². The smallest absolute Gasteiger partial charge is 0.328 e. The Morgan fingerprint density at radius 3 is 1.74 bits per heavy atom. The first-order valence-electron chi connectivity index (χ1n) is 15.2. The van der Waals surface area contributed by atoms with Gasteiger partial charge in [-0.25, -0.2) is 9.48 Å². The summed E-state index contributed by atoms with van der Waals surface area (Å²) >= 11 is 0. The number of piperidine rings is 1. The van der Waals surface area contributed by atoms with E-state index in [1.54, 1.807) is 50.3 Å². The molecule has 1 spiro atoms. The van der Waals surface area contributed by atoms with Crippen molar-refractivity contribution in [1.29, 1.82) is 0 Å². The molecule has 2 aliphatic rings. The van der Waals surface area contributed by atoms with E-state index in [1.165, 1.54) is 4.90 Å². The Morgan fingerprint density at radius 1 is 0.696 bits per heavy atom. The Kier molecular flexibility index (Phi) is 8.85. The number of nitrogens with zero attached hydrogens (tertiary/aromatic N) is 5. The number of carbonyl (C=O) groups is 2. The number of imide groups is 1. The molecule has 3 aromatic carbocycles. The molecule has 240 valence electrons. The first-order valence-corrected chi connectivity index (χ1v) is 15.2. The summed E-state index contributed by atoms with van der Waals surface area (Å²) in [5.74, 6) is 2.48. The normalized spacial score (nSPS) is 16.3. The van der Waals surface area contributed by atoms with Crippen molar-refractivity contribution < 1.29 is 28.5 Å². The lowest BCUT2D eigenvalue weighted by atomic mass is 9.85. The first-order chi connectivity index (χ1) is 22.3. The standard InChI is InChI=1S/C35H39N5O6/c1-43-29-16-26(17-30(20-29)44-2)22-37-14-10-35(11-15-37)33(41)38(23-27-18-31(45-3)21-32(19-27)46-4)34(42)39(35)24-25-6-8-28(9-7-25)40-13-5-12-36-40/h5-9,12-13,16-21H,10-11,14-15,22-24H2,1-4H3. The van der Waals surface area contributed by atoms with Crippen molar-refractivity contribution in [3.63, 3.8) is 0 Å². The SMILES string of the molecule is COc1cc(CN2CCC3(CC2)C(=O)N(Cc2cc(OC)cc(OC)c2)C(=O)N3Cc2ccc(-n3cccn3)cc2)cc(OC)c1. The van der Waals surface area contributed by atoms with Crippen LogP contribution >= 0.6 is 0 Å². The van der Waals surface area contributed by atoms with Gasteiger partial charge in [0.2, 0.25) is 0 Å². The third-order valence-electron chi connectivity index (χ3n) is 8.92. The van der Waals surface area contributed by atoms with Gasteiger partial charge in [0.15, 0.2) is 0 Å². The fraction of sp³-hybridized carbons (Fsp3) is 0.343. The predicted molar refractivity (Wildman–Crippen MR) is 171 cm³/mol. The van der Waals surface area contributed by atoms with Crippen molar-refractivity contribution in [2.45, 2.75) is 38.0 Å². The van der Waals surface area contributed by atoms with E-state index < -0.39 is 5.54 Å². The zero-order valence-electron chi connectivity index (χ0n) is 26.6. The van der Waals surface area contributed by atoms with Gasteiger partial charge in [0.1, 0.15) is 28.5 Å². The quantitative estimate of drug-likeness (QED) is 0.217. The molecule has 11 heteroatoms. The van der Waals surface area contributed by atoms with Crippen molar-refractivity contribution in [3.05, 3.63) is 95.8 Å². The number of likely N-dealkylation sites (tertiary alicyclic amines) is 1. The van der Waals surface area contributed by atoms with E-state index in [9.17, 15) is 9.59 Å². The molecule has 0 bridgehead atoms. The Labute approximate surface area is 268 Å². The van der Waals surface area contributed by atoms with Crippen molar-refractivity contribution in [3.8, 4) is 28.7 Å². The van der Waals surface area contributed by atoms with Gasteiger partial charge in [-0.3, -0.25) is 14.6 Å². The van der Waals surface area contributed by atoms with Gasteiger partial charge in [0, 0.05) is 50.7 Å². The summed E-state index contributed by atoms with van der Waals surface area (Å²) in [6, 6.07) is 20.8. The fourth-order valence-corrected chi connectivity index (χ4v) is 6.42. The van der Waals surface area contributed by atoms with Gasteiger partial charge in [-0.2, -0.15) is 5.10 Å². The number of hydrogen-bond acceptors (Lipinski definition) is 8. The molecule has 6 rings (SSSR count). The molecule has 2 aliphatic heterocycles. The summed E-state index contributed by atoms with van der Waals surface area (Å²) in [6.45, 7) is 2.40. The highest BCUT2D eigenvalue weighted by Gasteiger charge is 2.57. The third-order valence-corrected chi connectivity index (χ3v) is 8.92. The molecule has 0 atom stereocenters. The first kappa shape index (κ1) is 31.0. The summed E-state index contributed by atoms with van der Waals surface area (Å²) in [7, 11) is 6.43. The molecule has 4 aromatic rings. The Balaban J connectivity index is 1.26. The van der Waals surface area contributed by atoms with Gasteiger partial charge in [-0.1, -0.05) is 12.1 Å². The maximum absolute atomic E-state index is 14.4. The summed E-state index contributed by atoms with van der Waals surface area (Å²) in [4.78, 5) is 34.0. The lowest BCUT2D eigenvalue weighted by Crippen LogP contribution is -2.56. The van der Waals surface area contributed by atoms with Crippen LogP contribution in [0.4, 0.5) is 4.79 Å². The van der Waals surface area contributed by atoms with Gasteiger partial charge in [-0.15, -0.1) is 0 Å². The number of carbonyl (C=O) groups excluding carboxylic acids is 2. The Bertz CT molecular complexity index is 1640. The topological polar surface area (TPSA) is 98.6 Å². The van der Waals surface area contributed by atoms with Crippen LogP contribution in [0.3, 0.4) is 0 Å². The van der Waals surface area contributed by atoms with Crippen molar-refractivity contribution >= 4 is 11.9 Å². The van der Waals surface area contributed by atoms with Crippen LogP contribution in [0, 0.1) is 0 Å². The Hall–Kier alpha value is -5.03. The molecule has 0 radical (unpaired) electrons. The average molecular weight is 626 g/mol. The number of methoxy groups -OCH3 is 4. The Morgan fingerprint density at radius 2 is 1.24 bits per heavy atom. The van der Waals surface area contributed by atoms with E-state index >= 15 is 0 Å². The van der Waals surface area contributed by atoms with Crippen molar-refractivity contribution in [1.82, 2.24) is 24.5 Å². The van der Waals surface area contributed by atoms with Crippen molar-refractivity contribution in [2.75, 3.05) is 41.5 Å². The molecule has 0 unspecified atom stereocenters. The number of benzene rings is 3. The maximum atomic E-state index is 14.4. The summed E-state index contributed by atoms with van der Waals surface area (Å²) in [6.07, 6.45) is 4.65. The highest BCUT2D eigenvalue weighted by atomic mass is 16.5.